The van der Waals surface area contributed by atoms with Crippen molar-refractivity contribution in [2.24, 2.45) is 12.1 Å². The number of rotatable bonds is 5. The standard InChI is InChI=1S/C18H14Cl3N3O2/c1-24-9-11(13-4-2-3-5-16(13)24)8-22-23-17(25)10-26-18-14(20)6-12(19)7-15(18)21/h2-9H,10H2,1H3,(H,23,25)/b22-8-. The number of carbonyl (C=O) groups excluding carboxylic acids is 1. The Morgan fingerprint density at radius 2 is 1.92 bits per heavy atom. The van der Waals surface area contributed by atoms with Gasteiger partial charge in [0.1, 0.15) is 0 Å². The fourth-order valence-electron chi connectivity index (χ4n) is 2.49. The fourth-order valence-corrected chi connectivity index (χ4v) is 3.41. The zero-order valence-electron chi connectivity index (χ0n) is 13.7. The Morgan fingerprint density at radius 1 is 1.23 bits per heavy atom. The van der Waals surface area contributed by atoms with E-state index in [1.165, 1.54) is 12.1 Å². The van der Waals surface area contributed by atoms with E-state index in [2.05, 4.69) is 10.5 Å². The fraction of sp³-hybridized carbons (Fsp3) is 0.111. The van der Waals surface area contributed by atoms with Crippen LogP contribution in [-0.4, -0.2) is 23.3 Å². The number of aryl methyl sites for hydroxylation is 1. The lowest BCUT2D eigenvalue weighted by atomic mass is 10.2. The van der Waals surface area contributed by atoms with E-state index in [1.807, 2.05) is 42.1 Å². The van der Waals surface area contributed by atoms with Crippen molar-refractivity contribution in [1.82, 2.24) is 9.99 Å². The normalized spacial score (nSPS) is 11.2. The van der Waals surface area contributed by atoms with Gasteiger partial charge in [-0.15, -0.1) is 0 Å². The molecule has 0 saturated heterocycles. The van der Waals surface area contributed by atoms with Crippen LogP contribution in [0.15, 0.2) is 47.7 Å². The van der Waals surface area contributed by atoms with Crippen molar-refractivity contribution in [3.63, 3.8) is 0 Å². The molecule has 3 rings (SSSR count). The van der Waals surface area contributed by atoms with Gasteiger partial charge in [0.15, 0.2) is 12.4 Å². The number of hydrazone groups is 1. The molecule has 0 unspecified atom stereocenters. The molecular weight excluding hydrogens is 397 g/mol. The number of amides is 1. The average molecular weight is 411 g/mol. The molecule has 2 aromatic carbocycles. The molecule has 0 aliphatic carbocycles. The molecule has 26 heavy (non-hydrogen) atoms. The zero-order chi connectivity index (χ0) is 18.7. The number of aromatic nitrogens is 1. The summed E-state index contributed by atoms with van der Waals surface area (Å²) in [5.41, 5.74) is 4.39. The smallest absolute Gasteiger partial charge is 0.277 e. The van der Waals surface area contributed by atoms with Gasteiger partial charge >= 0.3 is 0 Å². The van der Waals surface area contributed by atoms with Crippen LogP contribution in [0, 0.1) is 0 Å². The van der Waals surface area contributed by atoms with E-state index in [4.69, 9.17) is 39.5 Å². The molecule has 5 nitrogen and oxygen atoms in total. The number of carbonyl (C=O) groups is 1. The maximum atomic E-state index is 11.9. The quantitative estimate of drug-likeness (QED) is 0.491. The number of para-hydroxylation sites is 1. The van der Waals surface area contributed by atoms with Crippen LogP contribution in [0.2, 0.25) is 15.1 Å². The number of halogens is 3. The molecule has 0 atom stereocenters. The van der Waals surface area contributed by atoms with Crippen LogP contribution in [0.4, 0.5) is 0 Å². The first kappa shape index (κ1) is 18.6. The average Bonchev–Trinajstić information content (AvgIpc) is 2.90. The third-order valence-electron chi connectivity index (χ3n) is 3.63. The SMILES string of the molecule is Cn1cc(/C=N\NC(=O)COc2c(Cl)cc(Cl)cc2Cl)c2ccccc21. The molecule has 0 saturated carbocycles. The lowest BCUT2D eigenvalue weighted by Gasteiger charge is -2.09. The highest BCUT2D eigenvalue weighted by atomic mass is 35.5. The predicted octanol–water partition coefficient (Wildman–Crippen LogP) is 4.67. The Hall–Kier alpha value is -2.21. The maximum absolute atomic E-state index is 11.9. The third kappa shape index (κ3) is 4.12. The molecule has 0 spiro atoms. The van der Waals surface area contributed by atoms with Gasteiger partial charge in [0.2, 0.25) is 0 Å². The summed E-state index contributed by atoms with van der Waals surface area (Å²) in [7, 11) is 1.95. The summed E-state index contributed by atoms with van der Waals surface area (Å²) >= 11 is 17.8. The number of benzene rings is 2. The molecule has 1 aromatic heterocycles. The molecule has 1 amide bonds. The molecule has 134 valence electrons. The molecule has 0 aliphatic rings. The van der Waals surface area contributed by atoms with Crippen molar-refractivity contribution in [1.29, 1.82) is 0 Å². The van der Waals surface area contributed by atoms with Crippen molar-refractivity contribution in [2.45, 2.75) is 0 Å². The molecular formula is C18H14Cl3N3O2. The second-order valence-corrected chi connectivity index (χ2v) is 6.74. The zero-order valence-corrected chi connectivity index (χ0v) is 15.9. The van der Waals surface area contributed by atoms with E-state index >= 15 is 0 Å². The van der Waals surface area contributed by atoms with Crippen LogP contribution in [0.25, 0.3) is 10.9 Å². The Labute approximate surface area is 165 Å². The van der Waals surface area contributed by atoms with Crippen LogP contribution >= 0.6 is 34.8 Å². The van der Waals surface area contributed by atoms with Gasteiger partial charge in [-0.1, -0.05) is 53.0 Å². The second-order valence-electron chi connectivity index (χ2n) is 5.49. The van der Waals surface area contributed by atoms with E-state index in [-0.39, 0.29) is 22.4 Å². The third-order valence-corrected chi connectivity index (χ3v) is 4.41. The molecule has 0 fully saturated rings. The highest BCUT2D eigenvalue weighted by Gasteiger charge is 2.11. The van der Waals surface area contributed by atoms with Gasteiger partial charge in [-0.3, -0.25) is 4.79 Å². The Balaban J connectivity index is 1.61. The number of nitrogens with zero attached hydrogens (tertiary/aromatic N) is 2. The number of fused-ring (bicyclic) bond motifs is 1. The summed E-state index contributed by atoms with van der Waals surface area (Å²) in [5.74, 6) is -0.241. The van der Waals surface area contributed by atoms with Crippen molar-refractivity contribution in [3.05, 3.63) is 63.2 Å². The van der Waals surface area contributed by atoms with Crippen LogP contribution in [0.1, 0.15) is 5.56 Å². The first-order valence-electron chi connectivity index (χ1n) is 7.59. The van der Waals surface area contributed by atoms with Crippen LogP contribution in [-0.2, 0) is 11.8 Å². The molecule has 1 N–H and O–H groups in total. The van der Waals surface area contributed by atoms with Gasteiger partial charge in [0.25, 0.3) is 5.91 Å². The molecule has 3 aromatic rings. The lowest BCUT2D eigenvalue weighted by Crippen LogP contribution is -2.24. The topological polar surface area (TPSA) is 55.6 Å². The summed E-state index contributed by atoms with van der Waals surface area (Å²) < 4.78 is 7.34. The molecule has 0 aliphatic heterocycles. The second kappa shape index (κ2) is 7.99. The summed E-state index contributed by atoms with van der Waals surface area (Å²) in [6.07, 6.45) is 3.52. The van der Waals surface area contributed by atoms with Gasteiger partial charge in [0, 0.05) is 34.7 Å². The first-order chi connectivity index (χ1) is 12.5. The summed E-state index contributed by atoms with van der Waals surface area (Å²) in [4.78, 5) is 11.9. The van der Waals surface area contributed by atoms with E-state index in [0.29, 0.717) is 5.02 Å². The van der Waals surface area contributed by atoms with E-state index in [0.717, 1.165) is 16.5 Å². The number of hydrogen-bond donors (Lipinski definition) is 1. The molecule has 0 bridgehead atoms. The summed E-state index contributed by atoms with van der Waals surface area (Å²) in [6.45, 7) is -0.284. The largest absolute Gasteiger partial charge is 0.481 e. The van der Waals surface area contributed by atoms with Gasteiger partial charge < -0.3 is 9.30 Å². The minimum atomic E-state index is -0.441. The van der Waals surface area contributed by atoms with Gasteiger partial charge in [-0.05, 0) is 18.2 Å². The van der Waals surface area contributed by atoms with Crippen LogP contribution in [0.5, 0.6) is 5.75 Å². The van der Waals surface area contributed by atoms with Crippen LogP contribution in [0.3, 0.4) is 0 Å². The van der Waals surface area contributed by atoms with Gasteiger partial charge in [-0.2, -0.15) is 5.10 Å². The lowest BCUT2D eigenvalue weighted by molar-refractivity contribution is -0.123. The monoisotopic (exact) mass is 409 g/mol. The van der Waals surface area contributed by atoms with Gasteiger partial charge in [-0.25, -0.2) is 5.43 Å². The number of ether oxygens (including phenoxy) is 1. The minimum Gasteiger partial charge on any atom is -0.481 e. The first-order valence-corrected chi connectivity index (χ1v) is 8.72. The summed E-state index contributed by atoms with van der Waals surface area (Å²) in [6, 6.07) is 10.9. The highest BCUT2D eigenvalue weighted by molar-refractivity contribution is 6.40. The van der Waals surface area contributed by atoms with Crippen molar-refractivity contribution in [3.8, 4) is 5.75 Å². The Bertz CT molecular complexity index is 976. The van der Waals surface area contributed by atoms with Crippen molar-refractivity contribution >= 4 is 57.8 Å². The maximum Gasteiger partial charge on any atom is 0.277 e. The molecule has 0 radical (unpaired) electrons. The van der Waals surface area contributed by atoms with Crippen LogP contribution < -0.4 is 10.2 Å². The highest BCUT2D eigenvalue weighted by Crippen LogP contribution is 2.35. The number of nitrogens with one attached hydrogen (secondary N) is 1. The van der Waals surface area contributed by atoms with E-state index in [9.17, 15) is 4.79 Å². The number of hydrogen-bond acceptors (Lipinski definition) is 3. The Morgan fingerprint density at radius 3 is 2.65 bits per heavy atom. The summed E-state index contributed by atoms with van der Waals surface area (Å²) in [5, 5.41) is 5.86. The molecule has 1 heterocycles. The van der Waals surface area contributed by atoms with E-state index < -0.39 is 5.91 Å². The Kier molecular flexibility index (Phi) is 5.71. The van der Waals surface area contributed by atoms with Gasteiger partial charge in [0.05, 0.1) is 16.3 Å². The van der Waals surface area contributed by atoms with Crippen molar-refractivity contribution in [2.75, 3.05) is 6.61 Å². The van der Waals surface area contributed by atoms with Crippen molar-refractivity contribution < 1.29 is 9.53 Å². The minimum absolute atomic E-state index is 0.200. The predicted molar refractivity (Wildman–Crippen MR) is 106 cm³/mol. The molecule has 8 heteroatoms. The van der Waals surface area contributed by atoms with E-state index in [1.54, 1.807) is 6.21 Å².